The molecule has 116 valence electrons. The third kappa shape index (κ3) is 5.41. The van der Waals surface area contributed by atoms with Crippen LogP contribution < -0.4 is 0 Å². The summed E-state index contributed by atoms with van der Waals surface area (Å²) in [4.78, 5) is 0. The van der Waals surface area contributed by atoms with Crippen LogP contribution in [0, 0.1) is 0 Å². The maximum atomic E-state index is 5.30. The summed E-state index contributed by atoms with van der Waals surface area (Å²) in [5.74, 6) is 9.23. The van der Waals surface area contributed by atoms with Gasteiger partial charge in [0.05, 0.1) is 12.7 Å². The lowest BCUT2D eigenvalue weighted by Crippen LogP contribution is -2.41. The van der Waals surface area contributed by atoms with Crippen molar-refractivity contribution >= 4 is 58.8 Å². The van der Waals surface area contributed by atoms with Gasteiger partial charge in [-0.15, -0.1) is 0 Å². The van der Waals surface area contributed by atoms with Crippen LogP contribution in [-0.2, 0) is 4.74 Å². The van der Waals surface area contributed by atoms with Crippen molar-refractivity contribution in [1.29, 1.82) is 0 Å². The van der Waals surface area contributed by atoms with Crippen LogP contribution in [0.4, 0.5) is 0 Å². The number of rotatable bonds is 8. The largest absolute Gasteiger partial charge is 0.372 e. The van der Waals surface area contributed by atoms with E-state index in [1.54, 1.807) is 0 Å². The molecular weight excluding hydrogens is 344 g/mol. The molecule has 4 unspecified atom stereocenters. The van der Waals surface area contributed by atoms with Gasteiger partial charge < -0.3 is 4.74 Å². The Labute approximate surface area is 144 Å². The van der Waals surface area contributed by atoms with Gasteiger partial charge >= 0.3 is 0 Å². The lowest BCUT2D eigenvalue weighted by atomic mass is 10.2. The summed E-state index contributed by atoms with van der Waals surface area (Å²) in [6.45, 7) is 5.93. The lowest BCUT2D eigenvalue weighted by molar-refractivity contribution is 0.426. The number of ether oxygens (including phenoxy) is 1. The first-order chi connectivity index (χ1) is 9.57. The predicted octanol–water partition coefficient (Wildman–Crippen LogP) is 3.96. The minimum absolute atomic E-state index is 0.473. The normalized spacial score (nSPS) is 43.5. The molecule has 4 atom stereocenters. The van der Waals surface area contributed by atoms with E-state index in [4.69, 9.17) is 4.74 Å². The van der Waals surface area contributed by atoms with Gasteiger partial charge in [-0.3, -0.25) is 0 Å². The van der Waals surface area contributed by atoms with Gasteiger partial charge in [-0.2, -0.15) is 58.8 Å². The van der Waals surface area contributed by atoms with Gasteiger partial charge in [0.1, 0.15) is 0 Å². The molecule has 3 aliphatic heterocycles. The summed E-state index contributed by atoms with van der Waals surface area (Å²) in [6, 6.07) is 0. The van der Waals surface area contributed by atoms with Gasteiger partial charge in [-0.1, -0.05) is 0 Å². The fourth-order valence-electron chi connectivity index (χ4n) is 2.04. The first kappa shape index (κ1) is 16.6. The molecule has 3 aliphatic rings. The predicted molar refractivity (Wildman–Crippen MR) is 102 cm³/mol. The molecule has 0 aliphatic carbocycles. The van der Waals surface area contributed by atoms with Crippen molar-refractivity contribution < 1.29 is 4.74 Å². The number of thioether (sulfide) groups is 5. The van der Waals surface area contributed by atoms with Crippen molar-refractivity contribution in [1.82, 2.24) is 0 Å². The van der Waals surface area contributed by atoms with Gasteiger partial charge in [0.15, 0.2) is 0 Å². The van der Waals surface area contributed by atoms with Crippen molar-refractivity contribution in [3.63, 3.8) is 0 Å². The molecule has 0 N–H and O–H groups in total. The first-order valence-corrected chi connectivity index (χ1v) is 12.6. The van der Waals surface area contributed by atoms with Crippen LogP contribution in [0.1, 0.15) is 13.8 Å². The summed E-state index contributed by atoms with van der Waals surface area (Å²) < 4.78 is 6.27. The van der Waals surface area contributed by atoms with Crippen molar-refractivity contribution in [2.75, 3.05) is 46.9 Å². The second-order valence-electron chi connectivity index (χ2n) is 6.42. The average molecular weight is 369 g/mol. The highest BCUT2D eigenvalue weighted by Crippen LogP contribution is 2.47. The van der Waals surface area contributed by atoms with Crippen LogP contribution in [0.25, 0.3) is 0 Å². The number of epoxide rings is 1. The summed E-state index contributed by atoms with van der Waals surface area (Å²) >= 11 is 10.8. The van der Waals surface area contributed by atoms with E-state index in [0.717, 1.165) is 11.9 Å². The molecule has 0 spiro atoms. The Morgan fingerprint density at radius 3 is 2.05 bits per heavy atom. The second-order valence-corrected chi connectivity index (χ2v) is 12.9. The number of hydrogen-bond acceptors (Lipinski definition) is 6. The molecule has 6 heteroatoms. The van der Waals surface area contributed by atoms with E-state index in [-0.39, 0.29) is 0 Å². The average Bonchev–Trinajstić information content (AvgIpc) is 3.28. The third-order valence-electron chi connectivity index (χ3n) is 3.68. The van der Waals surface area contributed by atoms with Crippen LogP contribution in [0.15, 0.2) is 0 Å². The van der Waals surface area contributed by atoms with E-state index in [1.807, 2.05) is 0 Å². The fourth-order valence-corrected chi connectivity index (χ4v) is 9.22. The highest BCUT2D eigenvalue weighted by Gasteiger charge is 2.39. The Bertz CT molecular complexity index is 290. The zero-order chi connectivity index (χ0) is 14.1. The Morgan fingerprint density at radius 1 is 1.05 bits per heavy atom. The van der Waals surface area contributed by atoms with Crippen LogP contribution in [-0.4, -0.2) is 67.7 Å². The van der Waals surface area contributed by atoms with Crippen molar-refractivity contribution in [3.05, 3.63) is 0 Å². The van der Waals surface area contributed by atoms with E-state index < -0.39 is 0 Å². The van der Waals surface area contributed by atoms with Gasteiger partial charge in [0, 0.05) is 55.0 Å². The van der Waals surface area contributed by atoms with Gasteiger partial charge in [0.2, 0.25) is 0 Å². The fraction of sp³-hybridized carbons (Fsp3) is 1.00. The van der Waals surface area contributed by atoms with E-state index in [0.29, 0.717) is 15.6 Å². The summed E-state index contributed by atoms with van der Waals surface area (Å²) in [5.41, 5.74) is 0. The van der Waals surface area contributed by atoms with E-state index in [1.165, 1.54) is 40.3 Å². The zero-order valence-corrected chi connectivity index (χ0v) is 16.3. The van der Waals surface area contributed by atoms with Gasteiger partial charge in [-0.05, 0) is 13.8 Å². The molecule has 3 saturated heterocycles. The SMILES string of the molecule is CC1(CSCC2CO2)CSC(C)(CSCC2CS2)CS1. The van der Waals surface area contributed by atoms with Gasteiger partial charge in [0.25, 0.3) is 0 Å². The summed E-state index contributed by atoms with van der Waals surface area (Å²) in [7, 11) is 0. The highest BCUT2D eigenvalue weighted by molar-refractivity contribution is 8.10. The van der Waals surface area contributed by atoms with Crippen molar-refractivity contribution in [2.45, 2.75) is 34.7 Å². The highest BCUT2D eigenvalue weighted by atomic mass is 32.2. The smallest absolute Gasteiger partial charge is 0.0900 e. The van der Waals surface area contributed by atoms with Crippen LogP contribution in [0.2, 0.25) is 0 Å². The maximum absolute atomic E-state index is 5.30. The third-order valence-corrected chi connectivity index (χ3v) is 12.1. The van der Waals surface area contributed by atoms with Crippen LogP contribution in [0.5, 0.6) is 0 Å². The van der Waals surface area contributed by atoms with Crippen molar-refractivity contribution in [3.8, 4) is 0 Å². The molecule has 3 rings (SSSR count). The molecule has 3 fully saturated rings. The minimum Gasteiger partial charge on any atom is -0.372 e. The Balaban J connectivity index is 1.35. The molecule has 0 aromatic heterocycles. The van der Waals surface area contributed by atoms with E-state index in [9.17, 15) is 0 Å². The van der Waals surface area contributed by atoms with Crippen LogP contribution >= 0.6 is 58.8 Å². The Morgan fingerprint density at radius 2 is 1.60 bits per heavy atom. The van der Waals surface area contributed by atoms with Crippen LogP contribution in [0.3, 0.4) is 0 Å². The van der Waals surface area contributed by atoms with E-state index >= 15 is 0 Å². The molecule has 0 amide bonds. The lowest BCUT2D eigenvalue weighted by Gasteiger charge is -2.42. The quantitative estimate of drug-likeness (QED) is 0.597. The van der Waals surface area contributed by atoms with Crippen molar-refractivity contribution in [2.24, 2.45) is 0 Å². The topological polar surface area (TPSA) is 12.5 Å². The number of hydrogen-bond donors (Lipinski definition) is 0. The molecule has 1 nitrogen and oxygen atoms in total. The summed E-state index contributed by atoms with van der Waals surface area (Å²) in [5, 5.41) is 0.983. The Hall–Kier alpha value is 1.71. The molecule has 0 saturated carbocycles. The molecule has 0 bridgehead atoms. The van der Waals surface area contributed by atoms with E-state index in [2.05, 4.69) is 72.7 Å². The molecular formula is C14H24OS5. The first-order valence-electron chi connectivity index (χ1n) is 7.24. The Kier molecular flexibility index (Phi) is 5.86. The second kappa shape index (κ2) is 7.08. The molecule has 0 aromatic rings. The molecule has 20 heavy (non-hydrogen) atoms. The summed E-state index contributed by atoms with van der Waals surface area (Å²) in [6.07, 6.45) is 0.576. The maximum Gasteiger partial charge on any atom is 0.0900 e. The molecule has 3 heterocycles. The molecule has 0 radical (unpaired) electrons. The molecule has 0 aromatic carbocycles. The van der Waals surface area contributed by atoms with Gasteiger partial charge in [-0.25, -0.2) is 0 Å². The standard InChI is InChI=1S/C14H24OS5/c1-13(7-16-4-11-3-15-11)9-20-14(2,10-19-13)8-17-5-12-6-18-12/h11-12H,3-10H2,1-2H3. The zero-order valence-electron chi connectivity index (χ0n) is 12.3. The monoisotopic (exact) mass is 368 g/mol. The minimum atomic E-state index is 0.473.